The van der Waals surface area contributed by atoms with Crippen molar-refractivity contribution in [3.05, 3.63) is 72.7 Å². The normalized spacial score (nSPS) is 11.9. The third kappa shape index (κ3) is 5.43. The number of methoxy groups -OCH3 is 2. The van der Waals surface area contributed by atoms with Crippen molar-refractivity contribution in [2.75, 3.05) is 38.4 Å². The van der Waals surface area contributed by atoms with Gasteiger partial charge in [0.15, 0.2) is 11.5 Å². The minimum atomic E-state index is -0.691. The van der Waals surface area contributed by atoms with Gasteiger partial charge in [0.1, 0.15) is 29.8 Å². The van der Waals surface area contributed by atoms with Crippen LogP contribution in [0.2, 0.25) is 0 Å². The van der Waals surface area contributed by atoms with Crippen LogP contribution in [0.4, 0.5) is 20.3 Å². The molecular formula is C28H26F2N6O3. The van der Waals surface area contributed by atoms with Crippen LogP contribution in [0, 0.1) is 11.6 Å². The zero-order chi connectivity index (χ0) is 27.5. The first-order valence-electron chi connectivity index (χ1n) is 12.0. The van der Waals surface area contributed by atoms with Gasteiger partial charge in [-0.3, -0.25) is 9.97 Å². The van der Waals surface area contributed by atoms with Crippen molar-refractivity contribution in [2.24, 2.45) is 5.73 Å². The lowest BCUT2D eigenvalue weighted by atomic mass is 10.0. The van der Waals surface area contributed by atoms with E-state index in [1.165, 1.54) is 12.1 Å². The van der Waals surface area contributed by atoms with Crippen molar-refractivity contribution in [3.63, 3.8) is 0 Å². The van der Waals surface area contributed by atoms with E-state index in [4.69, 9.17) is 25.7 Å². The quantitative estimate of drug-likeness (QED) is 0.234. The third-order valence-electron chi connectivity index (χ3n) is 6.17. The van der Waals surface area contributed by atoms with Crippen molar-refractivity contribution in [1.82, 2.24) is 15.0 Å². The minimum absolute atomic E-state index is 0.131. The molecule has 0 aliphatic carbocycles. The minimum Gasteiger partial charge on any atom is -0.493 e. The van der Waals surface area contributed by atoms with Crippen LogP contribution < -0.4 is 31.0 Å². The molecule has 0 spiro atoms. The first-order valence-corrected chi connectivity index (χ1v) is 12.0. The number of anilines is 2. The molecule has 3 heterocycles. The summed E-state index contributed by atoms with van der Waals surface area (Å²) >= 11 is 0. The molecule has 0 fully saturated rings. The van der Waals surface area contributed by atoms with Crippen LogP contribution in [-0.4, -0.2) is 48.4 Å². The van der Waals surface area contributed by atoms with E-state index in [0.29, 0.717) is 39.7 Å². The predicted molar refractivity (Wildman–Crippen MR) is 146 cm³/mol. The Hall–Kier alpha value is -4.77. The lowest BCUT2D eigenvalue weighted by Gasteiger charge is -2.15. The lowest BCUT2D eigenvalue weighted by molar-refractivity contribution is 0.292. The van der Waals surface area contributed by atoms with Gasteiger partial charge in [-0.15, -0.1) is 0 Å². The molecule has 200 valence electrons. The van der Waals surface area contributed by atoms with Crippen molar-refractivity contribution in [3.8, 4) is 28.5 Å². The number of ether oxygens (including phenoxy) is 3. The summed E-state index contributed by atoms with van der Waals surface area (Å²) < 4.78 is 43.6. The number of benzene rings is 2. The van der Waals surface area contributed by atoms with Crippen LogP contribution in [0.15, 0.2) is 61.1 Å². The number of aromatic nitrogens is 3. The van der Waals surface area contributed by atoms with Gasteiger partial charge in [-0.1, -0.05) is 0 Å². The van der Waals surface area contributed by atoms with Gasteiger partial charge in [0, 0.05) is 47.4 Å². The van der Waals surface area contributed by atoms with Crippen LogP contribution >= 0.6 is 0 Å². The highest BCUT2D eigenvalue weighted by molar-refractivity contribution is 6.10. The lowest BCUT2D eigenvalue weighted by Crippen LogP contribution is -2.35. The van der Waals surface area contributed by atoms with Crippen LogP contribution in [0.1, 0.15) is 0 Å². The average Bonchev–Trinajstić information content (AvgIpc) is 2.94. The standard InChI is InChI=1S/C28H26F2N6O3/c1-37-26-8-20-19-7-24(36-28(32)21(19)13-35-25(20)9-27(26)38-2)15-5-18(12-33-10-15)39-14-17(31)11-34-23-4-3-16(29)6-22(23)30/h3-10,12-13,17,34H,11,14,31H2,1-2H3,(H2,32,36)/t17-/m0/s1. The van der Waals surface area contributed by atoms with E-state index in [-0.39, 0.29) is 18.8 Å². The molecule has 3 aromatic heterocycles. The van der Waals surface area contributed by atoms with E-state index in [0.717, 1.165) is 22.4 Å². The summed E-state index contributed by atoms with van der Waals surface area (Å²) in [6, 6.07) is 10.2. The second-order valence-corrected chi connectivity index (χ2v) is 8.82. The number of nitrogen functional groups attached to an aromatic ring is 1. The first-order chi connectivity index (χ1) is 18.9. The van der Waals surface area contributed by atoms with Crippen molar-refractivity contribution >= 4 is 33.2 Å². The van der Waals surface area contributed by atoms with E-state index in [1.54, 1.807) is 38.9 Å². The summed E-state index contributed by atoms with van der Waals surface area (Å²) in [5.41, 5.74) is 14.6. The van der Waals surface area contributed by atoms with Crippen LogP contribution in [0.3, 0.4) is 0 Å². The number of fused-ring (bicyclic) bond motifs is 3. The molecular weight excluding hydrogens is 506 g/mol. The zero-order valence-electron chi connectivity index (χ0n) is 21.2. The van der Waals surface area contributed by atoms with Gasteiger partial charge in [-0.2, -0.15) is 0 Å². The van der Waals surface area contributed by atoms with Crippen molar-refractivity contribution in [1.29, 1.82) is 0 Å². The highest BCUT2D eigenvalue weighted by Gasteiger charge is 2.14. The van der Waals surface area contributed by atoms with E-state index >= 15 is 0 Å². The predicted octanol–water partition coefficient (Wildman–Crippen LogP) is 4.54. The zero-order valence-corrected chi connectivity index (χ0v) is 21.2. The summed E-state index contributed by atoms with van der Waals surface area (Å²) in [5.74, 6) is 0.598. The molecule has 1 atom stereocenters. The van der Waals surface area contributed by atoms with Crippen LogP contribution in [-0.2, 0) is 0 Å². The van der Waals surface area contributed by atoms with Gasteiger partial charge in [0.05, 0.1) is 43.4 Å². The fourth-order valence-electron chi connectivity index (χ4n) is 4.18. The van der Waals surface area contributed by atoms with Crippen molar-refractivity contribution < 1.29 is 23.0 Å². The van der Waals surface area contributed by atoms with E-state index in [9.17, 15) is 8.78 Å². The second kappa shape index (κ2) is 10.9. The summed E-state index contributed by atoms with van der Waals surface area (Å²) in [5, 5.41) is 5.24. The first kappa shape index (κ1) is 25.9. The molecule has 0 aliphatic heterocycles. The molecule has 2 aromatic carbocycles. The number of hydrogen-bond acceptors (Lipinski definition) is 9. The Balaban J connectivity index is 1.37. The Morgan fingerprint density at radius 1 is 0.923 bits per heavy atom. The highest BCUT2D eigenvalue weighted by atomic mass is 19.1. The molecule has 9 nitrogen and oxygen atoms in total. The number of pyridine rings is 3. The summed E-state index contributed by atoms with van der Waals surface area (Å²) in [4.78, 5) is 13.3. The fraction of sp³-hybridized carbons (Fsp3) is 0.179. The number of nitrogens with two attached hydrogens (primary N) is 2. The largest absolute Gasteiger partial charge is 0.493 e. The second-order valence-electron chi connectivity index (χ2n) is 8.82. The highest BCUT2D eigenvalue weighted by Crippen LogP contribution is 2.37. The summed E-state index contributed by atoms with van der Waals surface area (Å²) in [7, 11) is 3.14. The molecule has 39 heavy (non-hydrogen) atoms. The molecule has 0 radical (unpaired) electrons. The Labute approximate surface area is 222 Å². The number of halogens is 2. The molecule has 0 amide bonds. The summed E-state index contributed by atoms with van der Waals surface area (Å²) in [6.45, 7) is 0.347. The van der Waals surface area contributed by atoms with E-state index < -0.39 is 17.7 Å². The van der Waals surface area contributed by atoms with Crippen LogP contribution in [0.25, 0.3) is 32.9 Å². The third-order valence-corrected chi connectivity index (χ3v) is 6.17. The van der Waals surface area contributed by atoms with Gasteiger partial charge >= 0.3 is 0 Å². The van der Waals surface area contributed by atoms with Gasteiger partial charge in [-0.05, 0) is 35.7 Å². The number of nitrogens with zero attached hydrogens (tertiary/aromatic N) is 3. The monoisotopic (exact) mass is 532 g/mol. The van der Waals surface area contributed by atoms with Gasteiger partial charge < -0.3 is 31.0 Å². The number of rotatable bonds is 9. The molecule has 11 heteroatoms. The average molecular weight is 533 g/mol. The molecule has 0 aliphatic rings. The maximum absolute atomic E-state index is 13.8. The maximum atomic E-state index is 13.8. The number of nitrogens with one attached hydrogen (secondary N) is 1. The van der Waals surface area contributed by atoms with Gasteiger partial charge in [0.2, 0.25) is 0 Å². The van der Waals surface area contributed by atoms with Crippen molar-refractivity contribution in [2.45, 2.75) is 6.04 Å². The smallest absolute Gasteiger partial charge is 0.162 e. The number of hydrogen-bond donors (Lipinski definition) is 3. The molecule has 5 aromatic rings. The van der Waals surface area contributed by atoms with Gasteiger partial charge in [0.25, 0.3) is 0 Å². The Kier molecular flexibility index (Phi) is 7.24. The molecule has 0 saturated heterocycles. The molecule has 5 N–H and O–H groups in total. The maximum Gasteiger partial charge on any atom is 0.162 e. The van der Waals surface area contributed by atoms with Gasteiger partial charge in [-0.25, -0.2) is 13.8 Å². The molecule has 5 rings (SSSR count). The molecule has 0 unspecified atom stereocenters. The molecule has 0 bridgehead atoms. The Morgan fingerprint density at radius 2 is 1.72 bits per heavy atom. The summed E-state index contributed by atoms with van der Waals surface area (Å²) in [6.07, 6.45) is 4.90. The van der Waals surface area contributed by atoms with E-state index in [2.05, 4.69) is 20.3 Å². The molecule has 0 saturated carbocycles. The SMILES string of the molecule is COc1cc2ncc3c(N)nc(-c4cncc(OC[C@@H](N)CNc5ccc(F)cc5F)c4)cc3c2cc1OC. The fourth-order valence-corrected chi connectivity index (χ4v) is 4.18. The Morgan fingerprint density at radius 3 is 2.49 bits per heavy atom. The van der Waals surface area contributed by atoms with E-state index in [1.807, 2.05) is 18.2 Å². The topological polar surface area (TPSA) is 130 Å². The Bertz CT molecular complexity index is 1670. The van der Waals surface area contributed by atoms with Crippen LogP contribution in [0.5, 0.6) is 17.2 Å².